The van der Waals surface area contributed by atoms with Crippen molar-refractivity contribution in [3.8, 4) is 39.8 Å². The Morgan fingerprint density at radius 3 is 1.62 bits per heavy atom. The molecule has 0 saturated carbocycles. The van der Waals surface area contributed by atoms with Crippen molar-refractivity contribution in [2.75, 3.05) is 0 Å². The average Bonchev–Trinajstić information content (AvgIpc) is 4.04. The highest BCUT2D eigenvalue weighted by Crippen LogP contribution is 2.44. The lowest BCUT2D eigenvalue weighted by Gasteiger charge is -2.18. The van der Waals surface area contributed by atoms with Gasteiger partial charge in [-0.15, -0.1) is 5.10 Å². The number of aromatic nitrogens is 5. The molecular formula is C50H31N5O. The number of hydrogen-bond donors (Lipinski definition) is 0. The van der Waals surface area contributed by atoms with Crippen molar-refractivity contribution < 1.29 is 4.42 Å². The number of furan rings is 1. The van der Waals surface area contributed by atoms with Crippen molar-refractivity contribution in [3.05, 3.63) is 188 Å². The van der Waals surface area contributed by atoms with E-state index in [2.05, 4.69) is 167 Å². The molecule has 0 spiro atoms. The largest absolute Gasteiger partial charge is 0.456 e. The van der Waals surface area contributed by atoms with Crippen LogP contribution in [0, 0.1) is 0 Å². The molecule has 0 amide bonds. The average molecular weight is 718 g/mol. The molecular weight excluding hydrogens is 687 g/mol. The molecule has 12 aromatic rings. The number of fused-ring (bicyclic) bond motifs is 10. The van der Waals surface area contributed by atoms with E-state index in [0.29, 0.717) is 5.82 Å². The summed E-state index contributed by atoms with van der Waals surface area (Å²) in [5.74, 6) is 1.45. The summed E-state index contributed by atoms with van der Waals surface area (Å²) in [7, 11) is 0. The Hall–Kier alpha value is -7.70. The van der Waals surface area contributed by atoms with Crippen LogP contribution in [0.4, 0.5) is 0 Å². The zero-order chi connectivity index (χ0) is 36.7. The molecule has 4 aromatic heterocycles. The zero-order valence-corrected chi connectivity index (χ0v) is 30.0. The molecule has 12 rings (SSSR count). The van der Waals surface area contributed by atoms with Crippen LogP contribution >= 0.6 is 0 Å². The molecule has 0 bridgehead atoms. The molecule has 0 aliphatic carbocycles. The summed E-state index contributed by atoms with van der Waals surface area (Å²) in [6.45, 7) is 0. The van der Waals surface area contributed by atoms with Crippen molar-refractivity contribution in [2.45, 2.75) is 0 Å². The predicted octanol–water partition coefficient (Wildman–Crippen LogP) is 12.7. The lowest BCUT2D eigenvalue weighted by atomic mass is 10.1. The first-order valence-corrected chi connectivity index (χ1v) is 18.9. The van der Waals surface area contributed by atoms with E-state index in [1.165, 1.54) is 10.8 Å². The fraction of sp³-hybridized carbons (Fsp3) is 0. The van der Waals surface area contributed by atoms with Gasteiger partial charge in [-0.1, -0.05) is 140 Å². The lowest BCUT2D eigenvalue weighted by Crippen LogP contribution is -2.06. The first-order chi connectivity index (χ1) is 27.8. The molecule has 8 aromatic carbocycles. The van der Waals surface area contributed by atoms with Gasteiger partial charge in [0, 0.05) is 38.1 Å². The monoisotopic (exact) mass is 717 g/mol. The summed E-state index contributed by atoms with van der Waals surface area (Å²) in [5.41, 5.74) is 11.1. The molecule has 0 atom stereocenters. The van der Waals surface area contributed by atoms with Crippen LogP contribution in [-0.4, -0.2) is 23.9 Å². The Labute approximate surface area is 320 Å². The maximum absolute atomic E-state index is 6.48. The standard InChI is InChI=1S/C50H31N5O/c1-3-16-32(17-4-1)49-51-50(33-18-5-2-6-19-33)55(52-49)43-28-15-23-36-34-20-7-10-24-39(34)53(47(36)43)41-26-12-13-27-42(41)54-40-25-11-8-21-35(40)37-30-31-45-46(48(37)54)38-22-9-14-29-44(38)56-45/h1-31H. The molecule has 262 valence electrons. The number of rotatable bonds is 5. The van der Waals surface area contributed by atoms with Crippen LogP contribution in [0.5, 0.6) is 0 Å². The topological polar surface area (TPSA) is 53.7 Å². The molecule has 0 N–H and O–H groups in total. The van der Waals surface area contributed by atoms with Crippen molar-refractivity contribution in [3.63, 3.8) is 0 Å². The van der Waals surface area contributed by atoms with Crippen LogP contribution in [0.15, 0.2) is 192 Å². The van der Waals surface area contributed by atoms with Crippen LogP contribution in [0.3, 0.4) is 0 Å². The van der Waals surface area contributed by atoms with Gasteiger partial charge in [-0.05, 0) is 48.5 Å². The van der Waals surface area contributed by atoms with Gasteiger partial charge in [0.25, 0.3) is 0 Å². The van der Waals surface area contributed by atoms with Gasteiger partial charge in [0.2, 0.25) is 0 Å². The third-order valence-corrected chi connectivity index (χ3v) is 11.1. The molecule has 0 saturated heterocycles. The third kappa shape index (κ3) is 4.38. The quantitative estimate of drug-likeness (QED) is 0.178. The highest BCUT2D eigenvalue weighted by molar-refractivity contribution is 6.24. The molecule has 4 heterocycles. The second kappa shape index (κ2) is 11.9. The SMILES string of the molecule is c1ccc(-c2nc(-c3ccccc3)n(-c3cccc4c5ccccc5n(-c5ccccc5-n5c6ccccc6c6ccc7oc8ccccc8c7c65)c34)n2)cc1. The minimum Gasteiger partial charge on any atom is -0.456 e. The van der Waals surface area contributed by atoms with Crippen molar-refractivity contribution in [1.82, 2.24) is 23.9 Å². The fourth-order valence-corrected chi connectivity index (χ4v) is 8.74. The molecule has 0 fully saturated rings. The molecule has 56 heavy (non-hydrogen) atoms. The molecule has 6 heteroatoms. The molecule has 0 aliphatic rings. The zero-order valence-electron chi connectivity index (χ0n) is 30.0. The Kier molecular flexibility index (Phi) is 6.53. The Morgan fingerprint density at radius 1 is 0.375 bits per heavy atom. The normalized spacial score (nSPS) is 11.9. The van der Waals surface area contributed by atoms with Gasteiger partial charge in [0.05, 0.1) is 44.5 Å². The Morgan fingerprint density at radius 2 is 0.911 bits per heavy atom. The van der Waals surface area contributed by atoms with E-state index in [0.717, 1.165) is 88.8 Å². The van der Waals surface area contributed by atoms with Crippen molar-refractivity contribution in [1.29, 1.82) is 0 Å². The van der Waals surface area contributed by atoms with Crippen molar-refractivity contribution >= 4 is 65.6 Å². The summed E-state index contributed by atoms with van der Waals surface area (Å²) in [4.78, 5) is 5.20. The van der Waals surface area contributed by atoms with E-state index in [4.69, 9.17) is 14.5 Å². The lowest BCUT2D eigenvalue weighted by molar-refractivity contribution is 0.669. The van der Waals surface area contributed by atoms with Gasteiger partial charge in [-0.3, -0.25) is 0 Å². The molecule has 0 aliphatic heterocycles. The van der Waals surface area contributed by atoms with Crippen LogP contribution in [0.2, 0.25) is 0 Å². The summed E-state index contributed by atoms with van der Waals surface area (Å²) >= 11 is 0. The van der Waals surface area contributed by atoms with E-state index < -0.39 is 0 Å². The van der Waals surface area contributed by atoms with Gasteiger partial charge in [0.15, 0.2) is 11.6 Å². The number of nitrogens with zero attached hydrogens (tertiary/aromatic N) is 5. The minimum atomic E-state index is 0.672. The van der Waals surface area contributed by atoms with Gasteiger partial charge in [-0.2, -0.15) is 0 Å². The van der Waals surface area contributed by atoms with Gasteiger partial charge >= 0.3 is 0 Å². The van der Waals surface area contributed by atoms with Crippen LogP contribution in [-0.2, 0) is 0 Å². The first-order valence-electron chi connectivity index (χ1n) is 18.9. The maximum Gasteiger partial charge on any atom is 0.182 e. The van der Waals surface area contributed by atoms with E-state index in [-0.39, 0.29) is 0 Å². The predicted molar refractivity (Wildman–Crippen MR) is 228 cm³/mol. The molecule has 6 nitrogen and oxygen atoms in total. The Bertz CT molecular complexity index is 3480. The maximum atomic E-state index is 6.48. The van der Waals surface area contributed by atoms with Crippen LogP contribution in [0.25, 0.3) is 105 Å². The number of hydrogen-bond acceptors (Lipinski definition) is 3. The van der Waals surface area contributed by atoms with Crippen LogP contribution in [0.1, 0.15) is 0 Å². The van der Waals surface area contributed by atoms with Crippen molar-refractivity contribution in [2.24, 2.45) is 0 Å². The fourth-order valence-electron chi connectivity index (χ4n) is 8.74. The minimum absolute atomic E-state index is 0.672. The third-order valence-electron chi connectivity index (χ3n) is 11.1. The van der Waals surface area contributed by atoms with E-state index in [9.17, 15) is 0 Å². The second-order valence-electron chi connectivity index (χ2n) is 14.2. The summed E-state index contributed by atoms with van der Waals surface area (Å²) in [5, 5.41) is 12.1. The second-order valence-corrected chi connectivity index (χ2v) is 14.2. The van der Waals surface area contributed by atoms with E-state index in [1.807, 2.05) is 35.0 Å². The van der Waals surface area contributed by atoms with Gasteiger partial charge in [-0.25, -0.2) is 9.67 Å². The highest BCUT2D eigenvalue weighted by atomic mass is 16.3. The summed E-state index contributed by atoms with van der Waals surface area (Å²) in [6.07, 6.45) is 0. The smallest absolute Gasteiger partial charge is 0.182 e. The molecule has 0 radical (unpaired) electrons. The summed E-state index contributed by atoms with van der Waals surface area (Å²) in [6, 6.07) is 65.9. The number of para-hydroxylation sites is 6. The van der Waals surface area contributed by atoms with Gasteiger partial charge in [0.1, 0.15) is 11.2 Å². The van der Waals surface area contributed by atoms with Gasteiger partial charge < -0.3 is 13.6 Å². The molecule has 0 unspecified atom stereocenters. The van der Waals surface area contributed by atoms with E-state index >= 15 is 0 Å². The highest BCUT2D eigenvalue weighted by Gasteiger charge is 2.25. The number of benzene rings is 8. The van der Waals surface area contributed by atoms with Crippen LogP contribution < -0.4 is 0 Å². The van der Waals surface area contributed by atoms with E-state index in [1.54, 1.807) is 0 Å². The first kappa shape index (κ1) is 30.7. The summed E-state index contributed by atoms with van der Waals surface area (Å²) < 4.78 is 13.4. The Balaban J connectivity index is 1.21.